The predicted molar refractivity (Wildman–Crippen MR) is 114 cm³/mol. The monoisotopic (exact) mass is 416 g/mol. The molecule has 0 spiro atoms. The third-order valence-corrected chi connectivity index (χ3v) is 6.85. The minimum Gasteiger partial charge on any atom is -0.395 e. The van der Waals surface area contributed by atoms with Crippen LogP contribution in [0.4, 0.5) is 0 Å². The van der Waals surface area contributed by atoms with Gasteiger partial charge in [0, 0.05) is 51.4 Å². The van der Waals surface area contributed by atoms with Crippen molar-refractivity contribution < 1.29 is 10.2 Å². The highest BCUT2D eigenvalue weighted by Gasteiger charge is 2.30. The standard InChI is InChI=1S/C22H36N6O2/c23-15-19(16-24)22-27(11-3-9-25-7-1-5-20(25)17-29)13-14-28(22)12-4-10-26-8-2-6-21(26)18-30/h20-21,29-30H,1-14,17-18H2. The second-order valence-corrected chi connectivity index (χ2v) is 8.63. The van der Waals surface area contributed by atoms with Gasteiger partial charge in [-0.1, -0.05) is 0 Å². The molecule has 0 aliphatic carbocycles. The normalized spacial score (nSPS) is 25.1. The van der Waals surface area contributed by atoms with Crippen molar-refractivity contribution in [2.24, 2.45) is 0 Å². The Morgan fingerprint density at radius 2 is 1.23 bits per heavy atom. The molecule has 3 rings (SSSR count). The molecule has 2 atom stereocenters. The summed E-state index contributed by atoms with van der Waals surface area (Å²) < 4.78 is 0. The van der Waals surface area contributed by atoms with E-state index in [-0.39, 0.29) is 30.9 Å². The fraction of sp³-hybridized carbons (Fsp3) is 0.818. The highest BCUT2D eigenvalue weighted by Crippen LogP contribution is 2.24. The molecule has 3 saturated heterocycles. The molecule has 2 unspecified atom stereocenters. The lowest BCUT2D eigenvalue weighted by Gasteiger charge is -2.28. The molecule has 166 valence electrons. The summed E-state index contributed by atoms with van der Waals surface area (Å²) in [4.78, 5) is 9.11. The molecule has 2 N–H and O–H groups in total. The summed E-state index contributed by atoms with van der Waals surface area (Å²) in [6, 6.07) is 4.77. The van der Waals surface area contributed by atoms with E-state index in [0.717, 1.165) is 96.7 Å². The van der Waals surface area contributed by atoms with Gasteiger partial charge in [-0.25, -0.2) is 0 Å². The Bertz CT molecular complexity index is 616. The third-order valence-electron chi connectivity index (χ3n) is 6.85. The number of allylic oxidation sites excluding steroid dienone is 1. The predicted octanol–water partition coefficient (Wildman–Crippen LogP) is 0.556. The molecule has 0 bridgehead atoms. The van der Waals surface area contributed by atoms with Crippen molar-refractivity contribution in [2.45, 2.75) is 50.6 Å². The van der Waals surface area contributed by atoms with Crippen molar-refractivity contribution >= 4 is 0 Å². The molecule has 8 nitrogen and oxygen atoms in total. The van der Waals surface area contributed by atoms with E-state index >= 15 is 0 Å². The first-order chi connectivity index (χ1) is 14.7. The van der Waals surface area contributed by atoms with Crippen LogP contribution in [0.5, 0.6) is 0 Å². The van der Waals surface area contributed by atoms with E-state index in [1.807, 2.05) is 0 Å². The average Bonchev–Trinajstić information content (AvgIpc) is 3.50. The van der Waals surface area contributed by atoms with E-state index in [1.165, 1.54) is 0 Å². The highest BCUT2D eigenvalue weighted by atomic mass is 16.3. The van der Waals surface area contributed by atoms with Gasteiger partial charge in [0.2, 0.25) is 0 Å². The molecule has 3 fully saturated rings. The van der Waals surface area contributed by atoms with E-state index in [1.54, 1.807) is 0 Å². The Balaban J connectivity index is 1.53. The van der Waals surface area contributed by atoms with Crippen LogP contribution in [0.1, 0.15) is 38.5 Å². The molecular formula is C22H36N6O2. The van der Waals surface area contributed by atoms with Crippen molar-refractivity contribution in [3.8, 4) is 12.1 Å². The number of nitriles is 2. The fourth-order valence-corrected chi connectivity index (χ4v) is 5.25. The summed E-state index contributed by atoms with van der Waals surface area (Å²) >= 11 is 0. The SMILES string of the molecule is N#CC(C#N)=C1N(CCCN2CCCC2CO)CCN1CCCN1CCCC1CO. The lowest BCUT2D eigenvalue weighted by molar-refractivity contribution is 0.152. The van der Waals surface area contributed by atoms with Gasteiger partial charge < -0.3 is 20.0 Å². The summed E-state index contributed by atoms with van der Waals surface area (Å²) in [6.07, 6.45) is 6.36. The minimum atomic E-state index is 0.205. The number of hydrogen-bond donors (Lipinski definition) is 2. The van der Waals surface area contributed by atoms with E-state index in [4.69, 9.17) is 0 Å². The molecule has 3 aliphatic heterocycles. The van der Waals surface area contributed by atoms with Crippen LogP contribution in [0, 0.1) is 22.7 Å². The molecule has 30 heavy (non-hydrogen) atoms. The molecule has 3 aliphatic rings. The number of rotatable bonds is 10. The van der Waals surface area contributed by atoms with Crippen molar-refractivity contribution in [3.63, 3.8) is 0 Å². The molecule has 0 saturated carbocycles. The smallest absolute Gasteiger partial charge is 0.169 e. The zero-order chi connectivity index (χ0) is 21.3. The number of aliphatic hydroxyl groups is 2. The first kappa shape index (κ1) is 22.8. The summed E-state index contributed by atoms with van der Waals surface area (Å²) in [5, 5.41) is 38.0. The summed E-state index contributed by atoms with van der Waals surface area (Å²) in [5.41, 5.74) is 0.205. The zero-order valence-corrected chi connectivity index (χ0v) is 18.0. The second-order valence-electron chi connectivity index (χ2n) is 8.63. The maximum absolute atomic E-state index is 9.50. The summed E-state index contributed by atoms with van der Waals surface area (Å²) in [5.74, 6) is 0.792. The Kier molecular flexibility index (Phi) is 8.77. The summed E-state index contributed by atoms with van der Waals surface area (Å²) in [6.45, 7) is 7.77. The van der Waals surface area contributed by atoms with Gasteiger partial charge in [-0.05, 0) is 51.6 Å². The van der Waals surface area contributed by atoms with Crippen LogP contribution in [0.2, 0.25) is 0 Å². The van der Waals surface area contributed by atoms with Crippen LogP contribution >= 0.6 is 0 Å². The van der Waals surface area contributed by atoms with Gasteiger partial charge in [-0.2, -0.15) is 10.5 Å². The van der Waals surface area contributed by atoms with Gasteiger partial charge in [0.15, 0.2) is 5.57 Å². The van der Waals surface area contributed by atoms with Gasteiger partial charge in [-0.3, -0.25) is 9.80 Å². The Hall–Kier alpha value is -1.84. The highest BCUT2D eigenvalue weighted by molar-refractivity contribution is 5.40. The Labute approximate surface area is 180 Å². The van der Waals surface area contributed by atoms with Crippen LogP contribution in [0.15, 0.2) is 11.4 Å². The lowest BCUT2D eigenvalue weighted by atomic mass is 10.2. The quantitative estimate of drug-likeness (QED) is 0.498. The molecule has 8 heteroatoms. The van der Waals surface area contributed by atoms with Gasteiger partial charge in [0.1, 0.15) is 18.0 Å². The van der Waals surface area contributed by atoms with Crippen LogP contribution in [-0.2, 0) is 0 Å². The Morgan fingerprint density at radius 3 is 1.63 bits per heavy atom. The topological polar surface area (TPSA) is 101 Å². The van der Waals surface area contributed by atoms with E-state index in [9.17, 15) is 20.7 Å². The van der Waals surface area contributed by atoms with Gasteiger partial charge in [0.25, 0.3) is 0 Å². The van der Waals surface area contributed by atoms with E-state index in [0.29, 0.717) is 0 Å². The van der Waals surface area contributed by atoms with Crippen molar-refractivity contribution in [2.75, 3.05) is 65.6 Å². The number of nitrogens with zero attached hydrogens (tertiary/aromatic N) is 6. The van der Waals surface area contributed by atoms with Crippen LogP contribution in [0.25, 0.3) is 0 Å². The minimum absolute atomic E-state index is 0.205. The van der Waals surface area contributed by atoms with E-state index < -0.39 is 0 Å². The largest absolute Gasteiger partial charge is 0.395 e. The third kappa shape index (κ3) is 5.44. The van der Waals surface area contributed by atoms with Crippen LogP contribution in [0.3, 0.4) is 0 Å². The van der Waals surface area contributed by atoms with Gasteiger partial charge >= 0.3 is 0 Å². The van der Waals surface area contributed by atoms with Crippen molar-refractivity contribution in [1.82, 2.24) is 19.6 Å². The first-order valence-electron chi connectivity index (χ1n) is 11.5. The second kappa shape index (κ2) is 11.5. The first-order valence-corrected chi connectivity index (χ1v) is 11.5. The van der Waals surface area contributed by atoms with E-state index in [2.05, 4.69) is 31.7 Å². The fourth-order valence-electron chi connectivity index (χ4n) is 5.25. The number of likely N-dealkylation sites (tertiary alicyclic amines) is 2. The number of hydrogen-bond acceptors (Lipinski definition) is 8. The molecule has 0 aromatic heterocycles. The van der Waals surface area contributed by atoms with Gasteiger partial charge in [0.05, 0.1) is 13.2 Å². The molecule has 0 amide bonds. The van der Waals surface area contributed by atoms with Crippen LogP contribution < -0.4 is 0 Å². The summed E-state index contributed by atoms with van der Waals surface area (Å²) in [7, 11) is 0. The molecule has 0 aromatic carbocycles. The van der Waals surface area contributed by atoms with Crippen LogP contribution in [-0.4, -0.2) is 107 Å². The zero-order valence-electron chi connectivity index (χ0n) is 18.0. The lowest BCUT2D eigenvalue weighted by Crippen LogP contribution is -2.35. The average molecular weight is 417 g/mol. The Morgan fingerprint density at radius 1 is 0.767 bits per heavy atom. The molecule has 0 radical (unpaired) electrons. The molecular weight excluding hydrogens is 380 g/mol. The maximum atomic E-state index is 9.50. The molecule has 0 aromatic rings. The number of aliphatic hydroxyl groups excluding tert-OH is 2. The van der Waals surface area contributed by atoms with Crippen molar-refractivity contribution in [1.29, 1.82) is 10.5 Å². The molecule has 3 heterocycles. The maximum Gasteiger partial charge on any atom is 0.169 e. The van der Waals surface area contributed by atoms with Crippen molar-refractivity contribution in [3.05, 3.63) is 11.4 Å². The van der Waals surface area contributed by atoms with Gasteiger partial charge in [-0.15, -0.1) is 0 Å².